The van der Waals surface area contributed by atoms with Crippen LogP contribution >= 0.6 is 48.0 Å². The predicted octanol–water partition coefficient (Wildman–Crippen LogP) is 3.53. The van der Waals surface area contributed by atoms with Gasteiger partial charge in [0.15, 0.2) is 0 Å². The van der Waals surface area contributed by atoms with Gasteiger partial charge in [0.05, 0.1) is 15.5 Å². The zero-order valence-corrected chi connectivity index (χ0v) is 16.3. The summed E-state index contributed by atoms with van der Waals surface area (Å²) in [6, 6.07) is 1.62. The molecule has 1 heterocycles. The first kappa shape index (κ1) is 24.8. The van der Waals surface area contributed by atoms with Crippen LogP contribution in [0, 0.1) is 5.41 Å². The van der Waals surface area contributed by atoms with Crippen molar-refractivity contribution >= 4 is 59.7 Å². The van der Waals surface area contributed by atoms with E-state index in [-0.39, 0.29) is 30.7 Å². The van der Waals surface area contributed by atoms with Gasteiger partial charge < -0.3 is 16.4 Å². The lowest BCUT2D eigenvalue weighted by Crippen LogP contribution is -2.46. The number of hydrogen-bond acceptors (Lipinski definition) is 4. The van der Waals surface area contributed by atoms with Crippen molar-refractivity contribution in [1.29, 1.82) is 0 Å². The summed E-state index contributed by atoms with van der Waals surface area (Å²) in [4.78, 5) is 16.3. The van der Waals surface area contributed by atoms with Gasteiger partial charge in [-0.05, 0) is 18.9 Å². The summed E-state index contributed by atoms with van der Waals surface area (Å²) in [5, 5.41) is 6.89. The molecule has 0 spiro atoms. The van der Waals surface area contributed by atoms with Gasteiger partial charge in [0.25, 0.3) is 0 Å². The van der Waals surface area contributed by atoms with E-state index in [4.69, 9.17) is 28.9 Å². The zero-order valence-electron chi connectivity index (χ0n) is 13.2. The number of nitrogens with two attached hydrogens (primary N) is 1. The number of pyridine rings is 1. The molecule has 5 nitrogen and oxygen atoms in total. The normalized spacial score (nSPS) is 10.3. The van der Waals surface area contributed by atoms with Gasteiger partial charge in [-0.25, -0.2) is 4.98 Å². The van der Waals surface area contributed by atoms with Crippen LogP contribution in [0.15, 0.2) is 12.3 Å². The lowest BCUT2D eigenvalue weighted by Gasteiger charge is -2.28. The van der Waals surface area contributed by atoms with Gasteiger partial charge >= 0.3 is 0 Å². The van der Waals surface area contributed by atoms with Crippen LogP contribution in [0.3, 0.4) is 0 Å². The number of aromatic nitrogens is 1. The third kappa shape index (κ3) is 6.89. The maximum atomic E-state index is 12.2. The molecule has 1 aromatic heterocycles. The molecule has 0 saturated carbocycles. The molecule has 23 heavy (non-hydrogen) atoms. The van der Waals surface area contributed by atoms with Crippen LogP contribution in [0.4, 0.5) is 5.82 Å². The smallest absolute Gasteiger partial charge is 0.227 e. The summed E-state index contributed by atoms with van der Waals surface area (Å²) >= 11 is 11.8. The third-order valence-corrected chi connectivity index (χ3v) is 4.23. The van der Waals surface area contributed by atoms with Crippen LogP contribution in [-0.2, 0) is 4.79 Å². The van der Waals surface area contributed by atoms with Crippen molar-refractivity contribution in [3.63, 3.8) is 0 Å². The first-order chi connectivity index (χ1) is 9.99. The van der Waals surface area contributed by atoms with Gasteiger partial charge in [0.1, 0.15) is 5.82 Å². The molecule has 0 atom stereocenters. The zero-order chi connectivity index (χ0) is 15.9. The molecule has 0 bridgehead atoms. The molecule has 0 unspecified atom stereocenters. The number of carbonyl (C=O) groups is 1. The Kier molecular flexibility index (Phi) is 12.9. The van der Waals surface area contributed by atoms with Crippen LogP contribution in [-0.4, -0.2) is 30.5 Å². The topological polar surface area (TPSA) is 80.0 Å². The molecule has 0 aliphatic carbocycles. The number of hydrogen-bond donors (Lipinski definition) is 3. The standard InChI is InChI=1S/C14H22Cl2N4O.2ClH/c1-3-14(4-2,9-17)13(21)19-6-5-18-12-11(16)7-10(15)8-20-12;;/h7-8H,3-6,9,17H2,1-2H3,(H,18,20)(H,19,21);2*1H. The molecule has 1 amide bonds. The summed E-state index contributed by atoms with van der Waals surface area (Å²) in [7, 11) is 0. The van der Waals surface area contributed by atoms with Crippen LogP contribution in [0.25, 0.3) is 0 Å². The van der Waals surface area contributed by atoms with Crippen molar-refractivity contribution in [2.75, 3.05) is 25.0 Å². The van der Waals surface area contributed by atoms with Crippen molar-refractivity contribution in [2.45, 2.75) is 26.7 Å². The Morgan fingerprint density at radius 3 is 2.35 bits per heavy atom. The van der Waals surface area contributed by atoms with Crippen molar-refractivity contribution < 1.29 is 4.79 Å². The molecule has 9 heteroatoms. The highest BCUT2D eigenvalue weighted by molar-refractivity contribution is 6.35. The second kappa shape index (κ2) is 12.0. The van der Waals surface area contributed by atoms with Gasteiger partial charge in [-0.15, -0.1) is 24.8 Å². The van der Waals surface area contributed by atoms with E-state index in [1.807, 2.05) is 13.8 Å². The fourth-order valence-corrected chi connectivity index (χ4v) is 2.49. The first-order valence-electron chi connectivity index (χ1n) is 7.02. The van der Waals surface area contributed by atoms with Crippen molar-refractivity contribution in [1.82, 2.24) is 10.3 Å². The van der Waals surface area contributed by atoms with Gasteiger partial charge in [-0.3, -0.25) is 4.79 Å². The minimum atomic E-state index is -0.476. The number of carbonyl (C=O) groups excluding carboxylic acids is 1. The Morgan fingerprint density at radius 1 is 1.26 bits per heavy atom. The highest BCUT2D eigenvalue weighted by Crippen LogP contribution is 2.25. The van der Waals surface area contributed by atoms with Crippen molar-refractivity contribution in [3.8, 4) is 0 Å². The number of nitrogens with zero attached hydrogens (tertiary/aromatic N) is 1. The van der Waals surface area contributed by atoms with Crippen LogP contribution in [0.2, 0.25) is 10.0 Å². The average Bonchev–Trinajstić information content (AvgIpc) is 2.48. The monoisotopic (exact) mass is 404 g/mol. The molecule has 1 rings (SSSR count). The Balaban J connectivity index is 0. The SMILES string of the molecule is CCC(CC)(CN)C(=O)NCCNc1ncc(Cl)cc1Cl.Cl.Cl. The molecule has 0 aliphatic rings. The largest absolute Gasteiger partial charge is 0.367 e. The molecule has 0 fully saturated rings. The van der Waals surface area contributed by atoms with E-state index in [9.17, 15) is 4.79 Å². The van der Waals surface area contributed by atoms with Crippen LogP contribution in [0.1, 0.15) is 26.7 Å². The van der Waals surface area contributed by atoms with E-state index in [1.54, 1.807) is 6.07 Å². The Morgan fingerprint density at radius 2 is 1.87 bits per heavy atom. The van der Waals surface area contributed by atoms with E-state index in [0.29, 0.717) is 35.5 Å². The molecule has 4 N–H and O–H groups in total. The number of amides is 1. The van der Waals surface area contributed by atoms with Crippen LogP contribution in [0.5, 0.6) is 0 Å². The Bertz CT molecular complexity index is 476. The second-order valence-corrected chi connectivity index (χ2v) is 5.70. The fourth-order valence-electron chi connectivity index (χ4n) is 2.04. The van der Waals surface area contributed by atoms with E-state index in [1.165, 1.54) is 6.20 Å². The van der Waals surface area contributed by atoms with Crippen molar-refractivity contribution in [2.24, 2.45) is 11.1 Å². The van der Waals surface area contributed by atoms with Crippen LogP contribution < -0.4 is 16.4 Å². The molecule has 1 aromatic rings. The molecule has 0 saturated heterocycles. The fraction of sp³-hybridized carbons (Fsp3) is 0.571. The number of nitrogens with one attached hydrogen (secondary N) is 2. The first-order valence-corrected chi connectivity index (χ1v) is 7.78. The third-order valence-electron chi connectivity index (χ3n) is 3.74. The molecule has 134 valence electrons. The minimum absolute atomic E-state index is 0. The molecule has 0 aromatic carbocycles. The second-order valence-electron chi connectivity index (χ2n) is 4.86. The molecule has 0 aliphatic heterocycles. The van der Waals surface area contributed by atoms with Gasteiger partial charge in [0.2, 0.25) is 5.91 Å². The maximum Gasteiger partial charge on any atom is 0.227 e. The highest BCUT2D eigenvalue weighted by Gasteiger charge is 2.32. The predicted molar refractivity (Wildman–Crippen MR) is 102 cm³/mol. The number of rotatable bonds is 8. The quantitative estimate of drug-likeness (QED) is 0.578. The summed E-state index contributed by atoms with van der Waals surface area (Å²) < 4.78 is 0. The van der Waals surface area contributed by atoms with E-state index < -0.39 is 5.41 Å². The van der Waals surface area contributed by atoms with E-state index >= 15 is 0 Å². The van der Waals surface area contributed by atoms with Gasteiger partial charge in [0, 0.05) is 25.8 Å². The molecular formula is C14H24Cl4N4O. The summed E-state index contributed by atoms with van der Waals surface area (Å²) in [6.07, 6.45) is 2.97. The minimum Gasteiger partial charge on any atom is -0.367 e. The highest BCUT2D eigenvalue weighted by atomic mass is 35.5. The number of halogens is 4. The summed E-state index contributed by atoms with van der Waals surface area (Å²) in [6.45, 7) is 5.30. The molecule has 0 radical (unpaired) electrons. The number of anilines is 1. The maximum absolute atomic E-state index is 12.2. The van der Waals surface area contributed by atoms with Gasteiger partial charge in [-0.2, -0.15) is 0 Å². The average molecular weight is 406 g/mol. The van der Waals surface area contributed by atoms with E-state index in [2.05, 4.69) is 15.6 Å². The summed E-state index contributed by atoms with van der Waals surface area (Å²) in [5.41, 5.74) is 5.27. The van der Waals surface area contributed by atoms with Gasteiger partial charge in [-0.1, -0.05) is 37.0 Å². The Hall–Kier alpha value is -0.460. The lowest BCUT2D eigenvalue weighted by molar-refractivity contribution is -0.130. The summed E-state index contributed by atoms with van der Waals surface area (Å²) in [5.74, 6) is 0.540. The lowest BCUT2D eigenvalue weighted by atomic mass is 9.81. The van der Waals surface area contributed by atoms with E-state index in [0.717, 1.165) is 12.8 Å². The Labute approximate surface area is 159 Å². The van der Waals surface area contributed by atoms with Crippen molar-refractivity contribution in [3.05, 3.63) is 22.3 Å². The molecular weight excluding hydrogens is 382 g/mol.